The van der Waals surface area contributed by atoms with Gasteiger partial charge in [0.1, 0.15) is 27.5 Å². The van der Waals surface area contributed by atoms with E-state index in [0.29, 0.717) is 22.9 Å². The van der Waals surface area contributed by atoms with Crippen molar-refractivity contribution in [3.63, 3.8) is 0 Å². The Morgan fingerprint density at radius 2 is 1.92 bits per heavy atom. The van der Waals surface area contributed by atoms with E-state index in [9.17, 15) is 9.59 Å². The van der Waals surface area contributed by atoms with Crippen molar-refractivity contribution in [1.29, 1.82) is 0 Å². The van der Waals surface area contributed by atoms with Gasteiger partial charge in [0, 0.05) is 36.5 Å². The van der Waals surface area contributed by atoms with Gasteiger partial charge in [-0.25, -0.2) is 18.6 Å². The molecule has 37 heavy (non-hydrogen) atoms. The molecule has 3 aromatic rings. The minimum Gasteiger partial charge on any atom is -0.457 e. The van der Waals surface area contributed by atoms with Crippen molar-refractivity contribution in [2.75, 3.05) is 18.0 Å². The Hall–Kier alpha value is -3.70. The van der Waals surface area contributed by atoms with Gasteiger partial charge in [-0.2, -0.15) is 0 Å². The van der Waals surface area contributed by atoms with Crippen LogP contribution in [0, 0.1) is 11.6 Å². The lowest BCUT2D eigenvalue weighted by atomic mass is 9.99. The molecule has 3 aliphatic heterocycles. The Kier molecular flexibility index (Phi) is 6.17. The van der Waals surface area contributed by atoms with Crippen molar-refractivity contribution in [2.45, 2.75) is 35.2 Å². The number of nitrogens with zero attached hydrogens (tertiary/aromatic N) is 2. The predicted molar refractivity (Wildman–Crippen MR) is 134 cm³/mol. The minimum atomic E-state index is -0.963. The lowest BCUT2D eigenvalue weighted by Gasteiger charge is -2.34. The maximum Gasteiger partial charge on any atom is 0.327 e. The molecule has 2 aromatic carbocycles. The number of pyridine rings is 1. The molecule has 4 heterocycles. The number of thioether (sulfide) groups is 1. The molecule has 0 saturated carbocycles. The summed E-state index contributed by atoms with van der Waals surface area (Å²) >= 11 is 1.24. The van der Waals surface area contributed by atoms with Crippen molar-refractivity contribution < 1.29 is 23.1 Å². The normalized spacial score (nSPS) is 22.3. The molecule has 1 fully saturated rings. The Bertz CT molecular complexity index is 1350. The highest BCUT2D eigenvalue weighted by molar-refractivity contribution is 8.01. The zero-order valence-corrected chi connectivity index (χ0v) is 20.4. The number of para-hydroxylation sites is 1. The fraction of sp³-hybridized carbons (Fsp3) is 0.269. The van der Waals surface area contributed by atoms with Gasteiger partial charge >= 0.3 is 6.03 Å². The summed E-state index contributed by atoms with van der Waals surface area (Å²) < 4.78 is 36.2. The van der Waals surface area contributed by atoms with E-state index < -0.39 is 34.6 Å². The van der Waals surface area contributed by atoms with E-state index in [4.69, 9.17) is 4.74 Å². The van der Waals surface area contributed by atoms with Crippen molar-refractivity contribution in [3.05, 3.63) is 71.9 Å². The molecule has 0 aliphatic carbocycles. The van der Waals surface area contributed by atoms with Gasteiger partial charge in [-0.15, -0.1) is 0 Å². The van der Waals surface area contributed by atoms with Gasteiger partial charge in [-0.3, -0.25) is 9.69 Å². The number of rotatable bonds is 5. The van der Waals surface area contributed by atoms with Crippen LogP contribution in [0.5, 0.6) is 11.5 Å². The van der Waals surface area contributed by atoms with Crippen LogP contribution in [0.2, 0.25) is 0 Å². The summed E-state index contributed by atoms with van der Waals surface area (Å²) in [5, 5.41) is 9.00. The van der Waals surface area contributed by atoms with Crippen molar-refractivity contribution in [2.24, 2.45) is 0 Å². The number of urea groups is 1. The third kappa shape index (κ3) is 4.38. The first-order chi connectivity index (χ1) is 18.0. The lowest BCUT2D eigenvalue weighted by molar-refractivity contribution is -0.121. The highest BCUT2D eigenvalue weighted by Gasteiger charge is 2.47. The average molecular weight is 524 g/mol. The first-order valence-corrected chi connectivity index (χ1v) is 12.9. The second-order valence-corrected chi connectivity index (χ2v) is 10.2. The quantitative estimate of drug-likeness (QED) is 0.459. The SMILES string of the molecule is O=C(NC1CCCNC1)[C@@H]1Sc2nccc3c2C1NC(=O)N3c1c(F)cc(Oc2ccccc2)cc1F. The number of hydrogen-bond acceptors (Lipinski definition) is 6. The monoisotopic (exact) mass is 523 g/mol. The summed E-state index contributed by atoms with van der Waals surface area (Å²) in [6, 6.07) is 10.8. The van der Waals surface area contributed by atoms with Crippen LogP contribution in [0.15, 0.2) is 59.8 Å². The van der Waals surface area contributed by atoms with Crippen molar-refractivity contribution >= 4 is 35.1 Å². The highest BCUT2D eigenvalue weighted by atomic mass is 32.2. The summed E-state index contributed by atoms with van der Waals surface area (Å²) in [6.45, 7) is 1.61. The Morgan fingerprint density at radius 3 is 2.65 bits per heavy atom. The van der Waals surface area contributed by atoms with Crippen LogP contribution in [0.3, 0.4) is 0 Å². The molecule has 1 saturated heterocycles. The maximum atomic E-state index is 15.3. The van der Waals surface area contributed by atoms with Crippen LogP contribution in [0.25, 0.3) is 0 Å². The number of nitrogens with one attached hydrogen (secondary N) is 3. The van der Waals surface area contributed by atoms with Gasteiger partial charge in [0.15, 0.2) is 11.6 Å². The topological polar surface area (TPSA) is 95.6 Å². The highest BCUT2D eigenvalue weighted by Crippen LogP contribution is 2.51. The molecule has 0 bridgehead atoms. The molecular weight excluding hydrogens is 500 g/mol. The number of amides is 3. The van der Waals surface area contributed by atoms with Gasteiger partial charge in [0.2, 0.25) is 5.91 Å². The standard InChI is InChI=1S/C26H23F2N5O3S/c27-17-11-16(36-15-6-2-1-3-7-15)12-18(28)22(17)33-19-8-10-30-25-20(19)21(32-26(33)35)23(37-25)24(34)31-14-5-4-9-29-13-14/h1-3,6-8,10-12,14,21,23,29H,4-5,9,13H2,(H,31,34)(H,32,35)/t14?,21?,23-/m1/s1. The van der Waals surface area contributed by atoms with Gasteiger partial charge in [0.05, 0.1) is 11.7 Å². The number of ether oxygens (including phenoxy) is 1. The number of benzene rings is 2. The predicted octanol–water partition coefficient (Wildman–Crippen LogP) is 4.40. The van der Waals surface area contributed by atoms with Gasteiger partial charge in [-0.05, 0) is 37.6 Å². The molecule has 190 valence electrons. The molecule has 0 radical (unpaired) electrons. The maximum absolute atomic E-state index is 15.3. The molecule has 3 amide bonds. The van der Waals surface area contributed by atoms with E-state index in [2.05, 4.69) is 20.9 Å². The van der Waals surface area contributed by atoms with Crippen LogP contribution in [0.1, 0.15) is 24.4 Å². The van der Waals surface area contributed by atoms with Gasteiger partial charge in [-0.1, -0.05) is 30.0 Å². The summed E-state index contributed by atoms with van der Waals surface area (Å²) in [5.74, 6) is -1.75. The molecule has 8 nitrogen and oxygen atoms in total. The fourth-order valence-electron chi connectivity index (χ4n) is 4.94. The van der Waals surface area contributed by atoms with Crippen LogP contribution in [-0.4, -0.2) is 41.3 Å². The molecule has 1 aromatic heterocycles. The first kappa shape index (κ1) is 23.7. The molecule has 6 rings (SSSR count). The third-order valence-corrected chi connectivity index (χ3v) is 7.89. The Labute approximate surface area is 215 Å². The number of hydrogen-bond donors (Lipinski definition) is 3. The van der Waals surface area contributed by atoms with E-state index in [1.54, 1.807) is 30.3 Å². The van der Waals surface area contributed by atoms with Crippen LogP contribution < -0.4 is 25.6 Å². The molecule has 11 heteroatoms. The molecule has 2 unspecified atom stereocenters. The Morgan fingerprint density at radius 1 is 1.14 bits per heavy atom. The van der Waals surface area contributed by atoms with Crippen LogP contribution in [-0.2, 0) is 4.79 Å². The van der Waals surface area contributed by atoms with E-state index in [1.165, 1.54) is 24.0 Å². The largest absolute Gasteiger partial charge is 0.457 e. The van der Waals surface area contributed by atoms with Crippen LogP contribution >= 0.6 is 11.8 Å². The van der Waals surface area contributed by atoms with E-state index in [-0.39, 0.29) is 23.4 Å². The second kappa shape index (κ2) is 9.64. The van der Waals surface area contributed by atoms with Crippen molar-refractivity contribution in [3.8, 4) is 11.5 Å². The summed E-state index contributed by atoms with van der Waals surface area (Å²) in [6.07, 6.45) is 3.31. The zero-order valence-electron chi connectivity index (χ0n) is 19.5. The van der Waals surface area contributed by atoms with E-state index >= 15 is 8.78 Å². The summed E-state index contributed by atoms with van der Waals surface area (Å²) in [5.41, 5.74) is 0.323. The number of carbonyl (C=O) groups excluding carboxylic acids is 2. The van der Waals surface area contributed by atoms with Gasteiger partial charge in [0.25, 0.3) is 0 Å². The van der Waals surface area contributed by atoms with E-state index in [1.807, 2.05) is 0 Å². The van der Waals surface area contributed by atoms with Gasteiger partial charge < -0.3 is 20.7 Å². The minimum absolute atomic E-state index is 0.00796. The molecule has 0 spiro atoms. The first-order valence-electron chi connectivity index (χ1n) is 12.0. The summed E-state index contributed by atoms with van der Waals surface area (Å²) in [7, 11) is 0. The smallest absolute Gasteiger partial charge is 0.327 e. The number of aromatic nitrogens is 1. The molecule has 3 N–H and O–H groups in total. The zero-order chi connectivity index (χ0) is 25.5. The summed E-state index contributed by atoms with van der Waals surface area (Å²) in [4.78, 5) is 31.8. The fourth-order valence-corrected chi connectivity index (χ4v) is 6.18. The number of halogens is 2. The van der Waals surface area contributed by atoms with Crippen LogP contribution in [0.4, 0.5) is 25.0 Å². The number of anilines is 2. The number of piperidine rings is 1. The average Bonchev–Trinajstić information content (AvgIpc) is 3.26. The van der Waals surface area contributed by atoms with Crippen molar-refractivity contribution in [1.82, 2.24) is 20.9 Å². The lowest BCUT2D eigenvalue weighted by Crippen LogP contribution is -2.52. The number of carbonyl (C=O) groups is 2. The van der Waals surface area contributed by atoms with E-state index in [0.717, 1.165) is 36.4 Å². The molecule has 3 aliphatic rings. The Balaban J connectivity index is 1.30. The third-order valence-electron chi connectivity index (χ3n) is 6.60. The molecule has 3 atom stereocenters. The second-order valence-electron chi connectivity index (χ2n) is 9.05. The molecular formula is C26H23F2N5O3S.